The van der Waals surface area contributed by atoms with Crippen molar-refractivity contribution >= 4 is 44.4 Å². The van der Waals surface area contributed by atoms with E-state index in [0.29, 0.717) is 61.3 Å². The molecule has 61 heavy (non-hydrogen) atoms. The Morgan fingerprint density at radius 3 is 2.48 bits per heavy atom. The predicted molar refractivity (Wildman–Crippen MR) is 233 cm³/mol. The smallest absolute Gasteiger partial charge is 0.355 e. The van der Waals surface area contributed by atoms with E-state index in [2.05, 4.69) is 34.1 Å². The maximum Gasteiger partial charge on any atom is 0.355 e. The van der Waals surface area contributed by atoms with Gasteiger partial charge in [0.15, 0.2) is 10.8 Å². The van der Waals surface area contributed by atoms with Gasteiger partial charge in [-0.3, -0.25) is 14.8 Å². The highest BCUT2D eigenvalue weighted by Gasteiger charge is 2.66. The van der Waals surface area contributed by atoms with Gasteiger partial charge >= 0.3 is 5.97 Å². The molecule has 322 valence electrons. The van der Waals surface area contributed by atoms with E-state index in [9.17, 15) is 24.9 Å². The molecule has 10 rings (SSSR count). The molecular formula is C46H55N7O7S. The Kier molecular flexibility index (Phi) is 10.8. The Morgan fingerprint density at radius 1 is 0.934 bits per heavy atom. The maximum absolute atomic E-state index is 13.7. The number of pyridine rings is 1. The lowest BCUT2D eigenvalue weighted by molar-refractivity contribution is -0.247. The highest BCUT2D eigenvalue weighted by Crippen LogP contribution is 2.72. The molecule has 0 radical (unpaired) electrons. The van der Waals surface area contributed by atoms with Crippen molar-refractivity contribution in [3.05, 3.63) is 88.9 Å². The molecule has 4 atom stereocenters. The number of nitrogens with one attached hydrogen (secondary N) is 2. The Bertz CT molecular complexity index is 2430. The van der Waals surface area contributed by atoms with Crippen LogP contribution >= 0.6 is 11.3 Å². The summed E-state index contributed by atoms with van der Waals surface area (Å²) >= 11 is 1.43. The van der Waals surface area contributed by atoms with Crippen molar-refractivity contribution in [3.8, 4) is 11.1 Å². The number of carboxylic acid groups (broad SMARTS) is 1. The van der Waals surface area contributed by atoms with E-state index in [1.807, 2.05) is 66.4 Å². The zero-order valence-electron chi connectivity index (χ0n) is 35.0. The van der Waals surface area contributed by atoms with Crippen molar-refractivity contribution in [1.29, 1.82) is 0 Å². The van der Waals surface area contributed by atoms with Gasteiger partial charge in [-0.25, -0.2) is 14.8 Å². The number of para-hydroxylation sites is 1. The van der Waals surface area contributed by atoms with Crippen LogP contribution < -0.4 is 15.5 Å². The first-order chi connectivity index (χ1) is 29.2. The van der Waals surface area contributed by atoms with Crippen molar-refractivity contribution < 1.29 is 34.8 Å². The van der Waals surface area contributed by atoms with Crippen LogP contribution in [0.15, 0.2) is 60.8 Å². The topological polar surface area (TPSA) is 195 Å². The van der Waals surface area contributed by atoms with Gasteiger partial charge in [0.1, 0.15) is 11.9 Å². The molecule has 1 amide bonds. The molecule has 3 aromatic heterocycles. The van der Waals surface area contributed by atoms with E-state index in [1.165, 1.54) is 11.3 Å². The molecule has 1 aliphatic heterocycles. The van der Waals surface area contributed by atoms with Crippen molar-refractivity contribution in [2.24, 2.45) is 16.2 Å². The minimum Gasteiger partial charge on any atom is -0.476 e. The number of aliphatic hydroxyl groups excluding tert-OH is 3. The SMILES string of the molecule is Cc1c(-c2ccc(N3CCc4cccc(C(=O)Nc5nc6ccccc6s5)c4C3)nc2C(=O)O)cnn1CC12CC3(C)CC(C)(C1)CC(OCCNCC(O)C(O)CO)(C3)C2. The third-order valence-electron chi connectivity index (χ3n) is 13.6. The minimum atomic E-state index is -1.18. The third kappa shape index (κ3) is 8.07. The number of aromatic nitrogens is 4. The molecule has 2 aromatic carbocycles. The van der Waals surface area contributed by atoms with Crippen LogP contribution in [0.2, 0.25) is 0 Å². The number of carboxylic acids is 1. The van der Waals surface area contributed by atoms with Crippen molar-refractivity contribution in [3.63, 3.8) is 0 Å². The second-order valence-electron chi connectivity index (χ2n) is 19.0. The summed E-state index contributed by atoms with van der Waals surface area (Å²) in [4.78, 5) is 37.9. The molecule has 4 unspecified atom stereocenters. The molecular weight excluding hydrogens is 795 g/mol. The van der Waals surface area contributed by atoms with E-state index >= 15 is 0 Å². The Balaban J connectivity index is 0.917. The van der Waals surface area contributed by atoms with Crippen LogP contribution in [0.1, 0.15) is 90.0 Å². The van der Waals surface area contributed by atoms with E-state index in [1.54, 1.807) is 6.20 Å². The number of benzene rings is 2. The lowest BCUT2D eigenvalue weighted by atomic mass is 9.39. The van der Waals surface area contributed by atoms with E-state index < -0.39 is 24.8 Å². The van der Waals surface area contributed by atoms with Gasteiger partial charge in [0.25, 0.3) is 5.91 Å². The third-order valence-corrected chi connectivity index (χ3v) is 14.6. The molecule has 0 spiro atoms. The van der Waals surface area contributed by atoms with Gasteiger partial charge in [-0.2, -0.15) is 5.10 Å². The predicted octanol–water partition coefficient (Wildman–Crippen LogP) is 5.82. The number of ether oxygens (including phenoxy) is 1. The normalized spacial score (nSPS) is 26.4. The van der Waals surface area contributed by atoms with Gasteiger partial charge < -0.3 is 35.4 Å². The Hall–Kier alpha value is -4.77. The Morgan fingerprint density at radius 2 is 1.72 bits per heavy atom. The largest absolute Gasteiger partial charge is 0.476 e. The zero-order valence-corrected chi connectivity index (χ0v) is 35.8. The summed E-state index contributed by atoms with van der Waals surface area (Å²) in [5.41, 5.74) is 5.38. The molecule has 4 heterocycles. The number of nitrogens with zero attached hydrogens (tertiary/aromatic N) is 5. The number of carbonyl (C=O) groups is 2. The molecule has 4 fully saturated rings. The van der Waals surface area contributed by atoms with Crippen LogP contribution in [0.25, 0.3) is 21.3 Å². The van der Waals surface area contributed by atoms with Gasteiger partial charge in [-0.1, -0.05) is 49.4 Å². The second kappa shape index (κ2) is 15.9. The number of hydrogen-bond donors (Lipinski definition) is 6. The quantitative estimate of drug-likeness (QED) is 0.0693. The van der Waals surface area contributed by atoms with Crippen LogP contribution in [-0.2, 0) is 24.2 Å². The van der Waals surface area contributed by atoms with Crippen LogP contribution in [-0.4, -0.2) is 103 Å². The Labute approximate surface area is 359 Å². The number of aliphatic hydroxyl groups is 3. The number of carbonyl (C=O) groups excluding carboxylic acids is 1. The van der Waals surface area contributed by atoms with E-state index in [0.717, 1.165) is 71.1 Å². The summed E-state index contributed by atoms with van der Waals surface area (Å²) < 4.78 is 9.85. The van der Waals surface area contributed by atoms with Crippen molar-refractivity contribution in [1.82, 2.24) is 25.1 Å². The fourth-order valence-electron chi connectivity index (χ4n) is 12.3. The van der Waals surface area contributed by atoms with E-state index in [-0.39, 0.29) is 40.0 Å². The maximum atomic E-state index is 13.7. The average Bonchev–Trinajstić information content (AvgIpc) is 3.79. The first-order valence-corrected chi connectivity index (χ1v) is 22.1. The summed E-state index contributed by atoms with van der Waals surface area (Å²) in [7, 11) is 0. The fraction of sp³-hybridized carbons (Fsp3) is 0.500. The monoisotopic (exact) mass is 849 g/mol. The molecule has 15 heteroatoms. The molecule has 4 saturated carbocycles. The lowest BCUT2D eigenvalue weighted by Gasteiger charge is -2.69. The number of hydrogen-bond acceptors (Lipinski definition) is 12. The summed E-state index contributed by atoms with van der Waals surface area (Å²) in [6.45, 7) is 9.20. The van der Waals surface area contributed by atoms with Gasteiger partial charge in [0, 0.05) is 55.1 Å². The number of anilines is 2. The minimum absolute atomic E-state index is 0.0398. The van der Waals surface area contributed by atoms with Crippen LogP contribution in [0.4, 0.5) is 10.9 Å². The second-order valence-corrected chi connectivity index (χ2v) is 20.0. The van der Waals surface area contributed by atoms with Crippen LogP contribution in [0, 0.1) is 23.2 Å². The van der Waals surface area contributed by atoms with Gasteiger partial charge in [0.05, 0.1) is 41.3 Å². The molecule has 0 saturated heterocycles. The van der Waals surface area contributed by atoms with E-state index in [4.69, 9.17) is 19.9 Å². The van der Waals surface area contributed by atoms with Crippen LogP contribution in [0.5, 0.6) is 0 Å². The molecule has 5 aliphatic rings. The first-order valence-electron chi connectivity index (χ1n) is 21.3. The molecule has 4 bridgehead atoms. The summed E-state index contributed by atoms with van der Waals surface area (Å²) in [5, 5.41) is 51.0. The number of fused-ring (bicyclic) bond motifs is 2. The number of rotatable bonds is 15. The summed E-state index contributed by atoms with van der Waals surface area (Å²) in [6.07, 6.45) is 6.41. The fourth-order valence-corrected chi connectivity index (χ4v) is 13.1. The molecule has 6 N–H and O–H groups in total. The number of aromatic carboxylic acids is 1. The standard InChI is InChI=1S/C46H55N7O7S/c1-28-32(17-48-53(28)27-45-22-43(2)21-44(3,23-45)25-46(24-43,26-45)60-16-14-47-18-35(55)36(56)20-54)30-11-12-38(50-39(30)41(58)59)52-15-13-29-7-6-8-31(33(29)19-52)40(57)51-42-49-34-9-4-5-10-37(34)61-42/h4-12,17,35-36,47,54-56H,13-16,18-27H2,1-3H3,(H,58,59)(H,49,51,57). The highest BCUT2D eigenvalue weighted by molar-refractivity contribution is 7.22. The molecule has 14 nitrogen and oxygen atoms in total. The zero-order chi connectivity index (χ0) is 42.7. The number of thiazole rings is 1. The highest BCUT2D eigenvalue weighted by atomic mass is 32.1. The average molecular weight is 850 g/mol. The number of amides is 1. The first kappa shape index (κ1) is 41.6. The summed E-state index contributed by atoms with van der Waals surface area (Å²) in [5.74, 6) is -0.818. The van der Waals surface area contributed by atoms with Crippen LogP contribution in [0.3, 0.4) is 0 Å². The van der Waals surface area contributed by atoms with Crippen molar-refractivity contribution in [2.45, 2.75) is 96.6 Å². The van der Waals surface area contributed by atoms with Gasteiger partial charge in [-0.05, 0) is 110 Å². The van der Waals surface area contributed by atoms with Gasteiger partial charge in [0.2, 0.25) is 0 Å². The molecule has 4 aliphatic carbocycles. The lowest BCUT2D eigenvalue weighted by Crippen LogP contribution is -2.64. The molecule has 5 aromatic rings. The van der Waals surface area contributed by atoms with Gasteiger partial charge in [-0.15, -0.1) is 0 Å². The summed E-state index contributed by atoms with van der Waals surface area (Å²) in [6, 6.07) is 17.3. The van der Waals surface area contributed by atoms with Crippen molar-refractivity contribution in [2.75, 3.05) is 43.1 Å².